The predicted molar refractivity (Wildman–Crippen MR) is 104 cm³/mol. The number of ether oxygens (including phenoxy) is 1. The second-order valence-electron chi connectivity index (χ2n) is 6.21. The van der Waals surface area contributed by atoms with Gasteiger partial charge in [-0.1, -0.05) is 36.4 Å². The molecule has 1 aromatic heterocycles. The van der Waals surface area contributed by atoms with E-state index >= 15 is 0 Å². The lowest BCUT2D eigenvalue weighted by molar-refractivity contribution is -0.116. The van der Waals surface area contributed by atoms with Crippen LogP contribution in [-0.2, 0) is 16.1 Å². The van der Waals surface area contributed by atoms with Gasteiger partial charge in [0.25, 0.3) is 0 Å². The summed E-state index contributed by atoms with van der Waals surface area (Å²) in [5.74, 6) is -1.65. The second kappa shape index (κ2) is 7.03. The van der Waals surface area contributed by atoms with Gasteiger partial charge in [0.2, 0.25) is 5.91 Å². The second-order valence-corrected chi connectivity index (χ2v) is 6.21. The van der Waals surface area contributed by atoms with Crippen molar-refractivity contribution in [2.24, 2.45) is 0 Å². The Morgan fingerprint density at radius 3 is 2.46 bits per heavy atom. The van der Waals surface area contributed by atoms with E-state index in [0.29, 0.717) is 16.8 Å². The lowest BCUT2D eigenvalue weighted by atomic mass is 10.0. The van der Waals surface area contributed by atoms with E-state index < -0.39 is 17.6 Å². The van der Waals surface area contributed by atoms with Crippen molar-refractivity contribution in [1.82, 2.24) is 4.57 Å². The SMILES string of the molecule is COC(=O)c1cc2ccccc2cc1NC(=O)Cn1c(=O)oc2ccccc21. The zero-order chi connectivity index (χ0) is 19.7. The third-order valence-electron chi connectivity index (χ3n) is 4.44. The summed E-state index contributed by atoms with van der Waals surface area (Å²) in [4.78, 5) is 36.8. The normalized spacial score (nSPS) is 10.9. The van der Waals surface area contributed by atoms with Crippen LogP contribution in [-0.4, -0.2) is 23.6 Å². The number of para-hydroxylation sites is 2. The van der Waals surface area contributed by atoms with E-state index in [9.17, 15) is 14.4 Å². The number of fused-ring (bicyclic) bond motifs is 2. The van der Waals surface area contributed by atoms with Crippen molar-refractivity contribution in [2.75, 3.05) is 12.4 Å². The highest BCUT2D eigenvalue weighted by Gasteiger charge is 2.17. The number of oxazole rings is 1. The number of nitrogens with zero attached hydrogens (tertiary/aromatic N) is 1. The fourth-order valence-electron chi connectivity index (χ4n) is 3.12. The molecule has 4 rings (SSSR count). The molecule has 28 heavy (non-hydrogen) atoms. The topological polar surface area (TPSA) is 90.5 Å². The number of aromatic nitrogens is 1. The van der Waals surface area contributed by atoms with Crippen LogP contribution < -0.4 is 11.1 Å². The Balaban J connectivity index is 1.68. The largest absolute Gasteiger partial charge is 0.465 e. The van der Waals surface area contributed by atoms with Gasteiger partial charge in [-0.2, -0.15) is 0 Å². The predicted octanol–water partition coefficient (Wildman–Crippen LogP) is 3.17. The smallest absolute Gasteiger partial charge is 0.420 e. The van der Waals surface area contributed by atoms with Gasteiger partial charge in [0, 0.05) is 0 Å². The number of benzene rings is 3. The standard InChI is InChI=1S/C21H16N2O5/c1-27-20(25)15-10-13-6-2-3-7-14(13)11-16(15)22-19(24)12-23-17-8-4-5-9-18(17)28-21(23)26/h2-11H,12H2,1H3,(H,22,24). The number of hydrogen-bond donors (Lipinski definition) is 1. The van der Waals surface area contributed by atoms with Crippen molar-refractivity contribution in [3.8, 4) is 0 Å². The highest BCUT2D eigenvalue weighted by molar-refractivity contribution is 6.05. The summed E-state index contributed by atoms with van der Waals surface area (Å²) in [6, 6.07) is 17.7. The van der Waals surface area contributed by atoms with Gasteiger partial charge in [-0.25, -0.2) is 9.59 Å². The molecule has 0 fully saturated rings. The number of rotatable bonds is 4. The molecule has 4 aromatic rings. The number of hydrogen-bond acceptors (Lipinski definition) is 5. The summed E-state index contributed by atoms with van der Waals surface area (Å²) in [5, 5.41) is 4.41. The van der Waals surface area contributed by atoms with Crippen molar-refractivity contribution < 1.29 is 18.7 Å². The van der Waals surface area contributed by atoms with Gasteiger partial charge >= 0.3 is 11.7 Å². The molecule has 1 N–H and O–H groups in total. The quantitative estimate of drug-likeness (QED) is 0.553. The maximum Gasteiger partial charge on any atom is 0.420 e. The third-order valence-corrected chi connectivity index (χ3v) is 4.44. The Hall–Kier alpha value is -3.87. The molecule has 0 atom stereocenters. The van der Waals surface area contributed by atoms with E-state index in [1.54, 1.807) is 36.4 Å². The maximum atomic E-state index is 12.6. The molecule has 0 aliphatic rings. The van der Waals surface area contributed by atoms with Crippen LogP contribution in [0.2, 0.25) is 0 Å². The minimum absolute atomic E-state index is 0.235. The van der Waals surface area contributed by atoms with Gasteiger partial charge in [-0.05, 0) is 35.0 Å². The summed E-state index contributed by atoms with van der Waals surface area (Å²) >= 11 is 0. The molecule has 140 valence electrons. The monoisotopic (exact) mass is 376 g/mol. The van der Waals surface area contributed by atoms with Crippen molar-refractivity contribution in [2.45, 2.75) is 6.54 Å². The number of nitrogens with one attached hydrogen (secondary N) is 1. The van der Waals surface area contributed by atoms with Gasteiger partial charge in [-0.15, -0.1) is 0 Å². The maximum absolute atomic E-state index is 12.6. The van der Waals surface area contributed by atoms with Gasteiger partial charge in [-0.3, -0.25) is 9.36 Å². The number of esters is 1. The van der Waals surface area contributed by atoms with Gasteiger partial charge in [0.1, 0.15) is 6.54 Å². The molecule has 1 heterocycles. The Kier molecular flexibility index (Phi) is 4.41. The number of carbonyl (C=O) groups excluding carboxylic acids is 2. The number of methoxy groups -OCH3 is 1. The van der Waals surface area contributed by atoms with Gasteiger partial charge in [0.05, 0.1) is 23.9 Å². The van der Waals surface area contributed by atoms with E-state index in [1.165, 1.54) is 11.7 Å². The molecule has 0 unspecified atom stereocenters. The summed E-state index contributed by atoms with van der Waals surface area (Å²) in [7, 11) is 1.28. The number of carbonyl (C=O) groups is 2. The molecule has 7 heteroatoms. The lowest BCUT2D eigenvalue weighted by Crippen LogP contribution is -2.25. The minimum Gasteiger partial charge on any atom is -0.465 e. The van der Waals surface area contributed by atoms with Crippen LogP contribution in [0.4, 0.5) is 5.69 Å². The Morgan fingerprint density at radius 1 is 1.04 bits per heavy atom. The van der Waals surface area contributed by atoms with Crippen molar-refractivity contribution in [3.05, 3.63) is 76.8 Å². The first kappa shape index (κ1) is 17.5. The Bertz CT molecular complexity index is 1270. The van der Waals surface area contributed by atoms with E-state index in [2.05, 4.69) is 5.32 Å². The molecule has 3 aromatic carbocycles. The first-order chi connectivity index (χ1) is 13.6. The van der Waals surface area contributed by atoms with Gasteiger partial charge in [0.15, 0.2) is 5.58 Å². The third kappa shape index (κ3) is 3.14. The highest BCUT2D eigenvalue weighted by atomic mass is 16.5. The molecule has 0 aliphatic carbocycles. The lowest BCUT2D eigenvalue weighted by Gasteiger charge is -2.12. The molecule has 0 saturated carbocycles. The summed E-state index contributed by atoms with van der Waals surface area (Å²) in [5.41, 5.74) is 1.48. The first-order valence-electron chi connectivity index (χ1n) is 8.56. The van der Waals surface area contributed by atoms with Crippen LogP contribution in [0.1, 0.15) is 10.4 Å². The number of anilines is 1. The summed E-state index contributed by atoms with van der Waals surface area (Å²) in [6.07, 6.45) is 0. The molecule has 0 saturated heterocycles. The summed E-state index contributed by atoms with van der Waals surface area (Å²) < 4.78 is 11.2. The summed E-state index contributed by atoms with van der Waals surface area (Å²) in [6.45, 7) is -0.247. The minimum atomic E-state index is -0.622. The van der Waals surface area contributed by atoms with Crippen molar-refractivity contribution >= 4 is 39.4 Å². The van der Waals surface area contributed by atoms with Crippen LogP contribution in [0.3, 0.4) is 0 Å². The van der Waals surface area contributed by atoms with Crippen LogP contribution >= 0.6 is 0 Å². The van der Waals surface area contributed by atoms with E-state index in [0.717, 1.165) is 10.8 Å². The zero-order valence-corrected chi connectivity index (χ0v) is 15.0. The first-order valence-corrected chi connectivity index (χ1v) is 8.56. The van der Waals surface area contributed by atoms with E-state index in [-0.39, 0.29) is 12.1 Å². The zero-order valence-electron chi connectivity index (χ0n) is 15.0. The Morgan fingerprint density at radius 2 is 1.71 bits per heavy atom. The van der Waals surface area contributed by atoms with Crippen LogP contribution in [0.15, 0.2) is 69.9 Å². The molecular formula is C21H16N2O5. The van der Waals surface area contributed by atoms with E-state index in [4.69, 9.17) is 9.15 Å². The van der Waals surface area contributed by atoms with Crippen LogP contribution in [0.5, 0.6) is 0 Å². The molecule has 0 aliphatic heterocycles. The van der Waals surface area contributed by atoms with E-state index in [1.807, 2.05) is 24.3 Å². The highest BCUT2D eigenvalue weighted by Crippen LogP contribution is 2.25. The molecule has 0 spiro atoms. The van der Waals surface area contributed by atoms with Crippen molar-refractivity contribution in [1.29, 1.82) is 0 Å². The molecule has 7 nitrogen and oxygen atoms in total. The fraction of sp³-hybridized carbons (Fsp3) is 0.0952. The average molecular weight is 376 g/mol. The molecule has 0 bridgehead atoms. The van der Waals surface area contributed by atoms with Crippen molar-refractivity contribution in [3.63, 3.8) is 0 Å². The van der Waals surface area contributed by atoms with Crippen LogP contribution in [0, 0.1) is 0 Å². The number of amides is 1. The molecule has 0 radical (unpaired) electrons. The fourth-order valence-corrected chi connectivity index (χ4v) is 3.12. The average Bonchev–Trinajstić information content (AvgIpc) is 3.02. The van der Waals surface area contributed by atoms with Gasteiger partial charge < -0.3 is 14.5 Å². The van der Waals surface area contributed by atoms with Crippen LogP contribution in [0.25, 0.3) is 21.9 Å². The molecular weight excluding hydrogens is 360 g/mol. The molecule has 1 amide bonds. The Labute approximate surface area is 159 Å².